The molecule has 0 aliphatic rings. The summed E-state index contributed by atoms with van der Waals surface area (Å²) < 4.78 is 5.60. The van der Waals surface area contributed by atoms with Crippen LogP contribution in [0.4, 0.5) is 0 Å². The molecule has 18 heavy (non-hydrogen) atoms. The average Bonchev–Trinajstić information content (AvgIpc) is 2.71. The number of hydrogen-bond acceptors (Lipinski definition) is 2. The molecule has 0 saturated carbocycles. The third-order valence-corrected chi connectivity index (χ3v) is 3.21. The molecule has 2 nitrogen and oxygen atoms in total. The first kappa shape index (κ1) is 13.2. The summed E-state index contributed by atoms with van der Waals surface area (Å²) in [6.07, 6.45) is 1.88. The Morgan fingerprint density at radius 1 is 1.17 bits per heavy atom. The van der Waals surface area contributed by atoms with E-state index in [1.165, 1.54) is 16.5 Å². The zero-order valence-corrected chi connectivity index (χ0v) is 11.8. The Morgan fingerprint density at radius 2 is 1.94 bits per heavy atom. The molecule has 0 radical (unpaired) electrons. The maximum absolute atomic E-state index is 5.60. The second-order valence-corrected chi connectivity index (χ2v) is 5.70. The van der Waals surface area contributed by atoms with Crippen molar-refractivity contribution < 1.29 is 4.42 Å². The molecule has 0 spiro atoms. The highest BCUT2D eigenvalue weighted by molar-refractivity contribution is 5.81. The van der Waals surface area contributed by atoms with Gasteiger partial charge in [-0.2, -0.15) is 0 Å². The third-order valence-electron chi connectivity index (χ3n) is 3.21. The van der Waals surface area contributed by atoms with E-state index >= 15 is 0 Å². The fraction of sp³-hybridized carbons (Fsp3) is 0.500. The van der Waals surface area contributed by atoms with Gasteiger partial charge >= 0.3 is 0 Å². The van der Waals surface area contributed by atoms with Gasteiger partial charge in [0.2, 0.25) is 0 Å². The number of fused-ring (bicyclic) bond motifs is 1. The van der Waals surface area contributed by atoms with Crippen molar-refractivity contribution in [3.63, 3.8) is 0 Å². The van der Waals surface area contributed by atoms with Crippen molar-refractivity contribution in [2.75, 3.05) is 6.54 Å². The Morgan fingerprint density at radius 3 is 2.61 bits per heavy atom. The molecule has 0 bridgehead atoms. The van der Waals surface area contributed by atoms with Gasteiger partial charge in [-0.25, -0.2) is 0 Å². The predicted molar refractivity (Wildman–Crippen MR) is 76.8 cm³/mol. The summed E-state index contributed by atoms with van der Waals surface area (Å²) in [4.78, 5) is 0. The zero-order valence-electron chi connectivity index (χ0n) is 11.8. The molecule has 1 heterocycles. The summed E-state index contributed by atoms with van der Waals surface area (Å²) in [6.45, 7) is 10.8. The van der Waals surface area contributed by atoms with E-state index in [4.69, 9.17) is 4.42 Å². The van der Waals surface area contributed by atoms with E-state index in [0.717, 1.165) is 18.7 Å². The van der Waals surface area contributed by atoms with Crippen LogP contribution in [0.15, 0.2) is 28.9 Å². The van der Waals surface area contributed by atoms with Crippen LogP contribution in [0, 0.1) is 5.92 Å². The van der Waals surface area contributed by atoms with Gasteiger partial charge < -0.3 is 9.73 Å². The van der Waals surface area contributed by atoms with Gasteiger partial charge in [0.05, 0.1) is 6.26 Å². The Bertz CT molecular complexity index is 511. The summed E-state index contributed by atoms with van der Waals surface area (Å²) in [7, 11) is 0. The van der Waals surface area contributed by atoms with E-state index < -0.39 is 0 Å². The predicted octanol–water partition coefficient (Wildman–Crippen LogP) is 4.30. The van der Waals surface area contributed by atoms with Crippen molar-refractivity contribution >= 4 is 11.0 Å². The Hall–Kier alpha value is -1.28. The first-order valence-electron chi connectivity index (χ1n) is 6.78. The van der Waals surface area contributed by atoms with Crippen LogP contribution in [0.3, 0.4) is 0 Å². The van der Waals surface area contributed by atoms with Crippen molar-refractivity contribution in [2.45, 2.75) is 40.2 Å². The molecular formula is C16H23NO. The first-order chi connectivity index (χ1) is 8.58. The number of rotatable bonds is 5. The normalized spacial score (nSPS) is 11.9. The van der Waals surface area contributed by atoms with Crippen LogP contribution >= 0.6 is 0 Å². The van der Waals surface area contributed by atoms with Crippen molar-refractivity contribution in [2.24, 2.45) is 5.92 Å². The quantitative estimate of drug-likeness (QED) is 0.849. The molecule has 0 amide bonds. The lowest BCUT2D eigenvalue weighted by Crippen LogP contribution is -2.18. The van der Waals surface area contributed by atoms with Crippen molar-refractivity contribution in [1.82, 2.24) is 5.32 Å². The molecule has 0 aliphatic carbocycles. The maximum atomic E-state index is 5.60. The molecule has 98 valence electrons. The first-order valence-corrected chi connectivity index (χ1v) is 6.78. The Labute approximate surface area is 109 Å². The Balaban J connectivity index is 2.20. The van der Waals surface area contributed by atoms with E-state index in [9.17, 15) is 0 Å². The molecule has 2 rings (SSSR count). The summed E-state index contributed by atoms with van der Waals surface area (Å²) in [5.41, 5.74) is 3.61. The molecule has 0 unspecified atom stereocenters. The fourth-order valence-corrected chi connectivity index (χ4v) is 2.09. The van der Waals surface area contributed by atoms with Crippen LogP contribution < -0.4 is 5.32 Å². The third kappa shape index (κ3) is 2.94. The molecule has 1 aromatic heterocycles. The molecule has 0 aliphatic heterocycles. The molecule has 2 aromatic rings. The smallest absolute Gasteiger partial charge is 0.134 e. The lowest BCUT2D eigenvalue weighted by Gasteiger charge is -2.07. The number of nitrogens with one attached hydrogen (secondary N) is 1. The Kier molecular flexibility index (Phi) is 4.07. The zero-order chi connectivity index (χ0) is 13.1. The van der Waals surface area contributed by atoms with E-state index in [2.05, 4.69) is 51.2 Å². The van der Waals surface area contributed by atoms with Gasteiger partial charge in [-0.1, -0.05) is 33.8 Å². The highest BCUT2D eigenvalue weighted by Gasteiger charge is 2.08. The highest BCUT2D eigenvalue weighted by Crippen LogP contribution is 2.25. The highest BCUT2D eigenvalue weighted by atomic mass is 16.3. The summed E-state index contributed by atoms with van der Waals surface area (Å²) >= 11 is 0. The molecule has 1 aromatic carbocycles. The van der Waals surface area contributed by atoms with E-state index in [1.54, 1.807) is 0 Å². The minimum absolute atomic E-state index is 0.556. The van der Waals surface area contributed by atoms with Gasteiger partial charge in [0.25, 0.3) is 0 Å². The van der Waals surface area contributed by atoms with Gasteiger partial charge in [-0.05, 0) is 36.1 Å². The average molecular weight is 245 g/mol. The monoisotopic (exact) mass is 245 g/mol. The van der Waals surface area contributed by atoms with Crippen molar-refractivity contribution in [3.8, 4) is 0 Å². The summed E-state index contributed by atoms with van der Waals surface area (Å²) in [6, 6.07) is 6.49. The van der Waals surface area contributed by atoms with E-state index in [1.807, 2.05) is 6.26 Å². The molecule has 0 fully saturated rings. The minimum atomic E-state index is 0.556. The van der Waals surface area contributed by atoms with Crippen molar-refractivity contribution in [3.05, 3.63) is 35.6 Å². The van der Waals surface area contributed by atoms with Crippen LogP contribution in [-0.2, 0) is 6.54 Å². The van der Waals surface area contributed by atoms with Gasteiger partial charge in [-0.3, -0.25) is 0 Å². The summed E-state index contributed by atoms with van der Waals surface area (Å²) in [5.74, 6) is 1.23. The van der Waals surface area contributed by atoms with Gasteiger partial charge in [0.1, 0.15) is 5.58 Å². The van der Waals surface area contributed by atoms with Gasteiger partial charge in [0, 0.05) is 17.5 Å². The molecule has 2 heteroatoms. The molecular weight excluding hydrogens is 222 g/mol. The van der Waals surface area contributed by atoms with Crippen LogP contribution in [0.25, 0.3) is 11.0 Å². The topological polar surface area (TPSA) is 25.2 Å². The lowest BCUT2D eigenvalue weighted by molar-refractivity contribution is 0.547. The SMILES string of the molecule is CC(C)CNCc1coc2ccc(C(C)C)cc12. The van der Waals surface area contributed by atoms with Crippen LogP contribution in [0.1, 0.15) is 44.7 Å². The van der Waals surface area contributed by atoms with E-state index in [-0.39, 0.29) is 0 Å². The van der Waals surface area contributed by atoms with E-state index in [0.29, 0.717) is 11.8 Å². The maximum Gasteiger partial charge on any atom is 0.134 e. The second-order valence-electron chi connectivity index (χ2n) is 5.70. The van der Waals surface area contributed by atoms with Gasteiger partial charge in [-0.15, -0.1) is 0 Å². The lowest BCUT2D eigenvalue weighted by atomic mass is 10.0. The van der Waals surface area contributed by atoms with Gasteiger partial charge in [0.15, 0.2) is 0 Å². The fourth-order valence-electron chi connectivity index (χ4n) is 2.09. The van der Waals surface area contributed by atoms with Crippen LogP contribution in [0.2, 0.25) is 0 Å². The summed E-state index contributed by atoms with van der Waals surface area (Å²) in [5, 5.41) is 4.72. The minimum Gasteiger partial charge on any atom is -0.464 e. The molecule has 0 atom stereocenters. The van der Waals surface area contributed by atoms with Crippen LogP contribution in [0.5, 0.6) is 0 Å². The number of furan rings is 1. The largest absolute Gasteiger partial charge is 0.464 e. The standard InChI is InChI=1S/C16H23NO/c1-11(2)8-17-9-14-10-18-16-6-5-13(12(3)4)7-15(14)16/h5-7,10-12,17H,8-9H2,1-4H3. The molecule has 0 saturated heterocycles. The number of hydrogen-bond donors (Lipinski definition) is 1. The van der Waals surface area contributed by atoms with Crippen LogP contribution in [-0.4, -0.2) is 6.54 Å². The molecule has 1 N–H and O–H groups in total. The van der Waals surface area contributed by atoms with Crippen molar-refractivity contribution in [1.29, 1.82) is 0 Å². The second kappa shape index (κ2) is 5.57. The number of benzene rings is 1.